The Hall–Kier alpha value is -6.01. The van der Waals surface area contributed by atoms with Crippen molar-refractivity contribution in [1.29, 1.82) is 0 Å². The minimum Gasteiger partial charge on any atom is -0.453 e. The first kappa shape index (κ1) is 37.3. The van der Waals surface area contributed by atoms with Crippen LogP contribution in [0.4, 0.5) is 4.79 Å². The number of fused-ring (bicyclic) bond motifs is 6. The normalized spacial score (nSPS) is 23.6. The van der Waals surface area contributed by atoms with Gasteiger partial charge < -0.3 is 35.1 Å². The molecule has 12 heteroatoms. The number of nitrogens with one attached hydrogen (secondary N) is 4. The number of rotatable bonds is 9. The van der Waals surface area contributed by atoms with Gasteiger partial charge in [-0.05, 0) is 115 Å². The van der Waals surface area contributed by atoms with Gasteiger partial charge in [0, 0.05) is 12.1 Å². The highest BCUT2D eigenvalue weighted by molar-refractivity contribution is 5.86. The maximum Gasteiger partial charge on any atom is 0.407 e. The van der Waals surface area contributed by atoms with Gasteiger partial charge in [-0.2, -0.15) is 0 Å². The Morgan fingerprint density at radius 2 is 1.05 bits per heavy atom. The van der Waals surface area contributed by atoms with Crippen LogP contribution in [0.5, 0.6) is 0 Å². The van der Waals surface area contributed by atoms with Crippen molar-refractivity contribution >= 4 is 40.0 Å². The first-order valence-electron chi connectivity index (χ1n) is 21.1. The molecule has 2 aromatic heterocycles. The van der Waals surface area contributed by atoms with Crippen molar-refractivity contribution in [2.75, 3.05) is 27.2 Å². The van der Waals surface area contributed by atoms with Crippen LogP contribution in [0.25, 0.3) is 55.4 Å². The molecule has 59 heavy (non-hydrogen) atoms. The molecule has 0 radical (unpaired) electrons. The zero-order chi connectivity index (χ0) is 40.2. The molecule has 0 spiro atoms. The molecule has 2 saturated carbocycles. The van der Waals surface area contributed by atoms with E-state index in [-0.39, 0.29) is 36.5 Å². The SMILES string of the molecule is CNCC(=O)N1[C@@H]2CCC[C@@H](C2)[C@H]1c1nc2ccc(-c3ccc(-c4ccc(-c5ccc6nc([C@@H]7[C@H]8CCC[C@H](C8)N7C(=O)CNC(=O)OC)[nH]c6c5)cc4)cc3)cc2[nH]1. The first-order chi connectivity index (χ1) is 28.8. The average molecular weight is 791 g/mol. The highest BCUT2D eigenvalue weighted by atomic mass is 16.5. The van der Waals surface area contributed by atoms with Gasteiger partial charge in [-0.25, -0.2) is 14.8 Å². The maximum absolute atomic E-state index is 13.4. The summed E-state index contributed by atoms with van der Waals surface area (Å²) in [5, 5.41) is 5.62. The Morgan fingerprint density at radius 1 is 0.627 bits per heavy atom. The predicted molar refractivity (Wildman–Crippen MR) is 227 cm³/mol. The van der Waals surface area contributed by atoms with Crippen LogP contribution < -0.4 is 10.6 Å². The third kappa shape index (κ3) is 6.82. The number of aromatic amines is 2. The number of hydrogen-bond donors (Lipinski definition) is 4. The standard InChI is InChI=1S/C47H50N8O4/c1-48-25-41(56)54-35-7-3-5-33(21-35)43(54)45-50-37-19-17-31(23-39(37)52-45)29-13-9-27(10-14-29)28-11-15-30(16-12-28)32-18-20-38-40(24-32)53-46(51-38)44-34-6-4-8-36(22-34)55(44)42(57)26-49-47(58)59-2/h9-20,23-24,33-36,43-44,48H,3-8,21-22,25-26H2,1-2H3,(H,49,58)(H,50,52)(H,51,53)/t33-,34-,35+,36+,43-,44-/m0/s1. The second-order valence-electron chi connectivity index (χ2n) is 16.9. The number of methoxy groups -OCH3 is 1. The lowest BCUT2D eigenvalue weighted by Gasteiger charge is -2.29. The van der Waals surface area contributed by atoms with Gasteiger partial charge in [0.1, 0.15) is 18.2 Å². The number of benzene rings is 4. The lowest BCUT2D eigenvalue weighted by Crippen LogP contribution is -2.43. The summed E-state index contributed by atoms with van der Waals surface area (Å²) in [4.78, 5) is 59.6. The molecule has 6 aromatic rings. The second kappa shape index (κ2) is 15.3. The lowest BCUT2D eigenvalue weighted by molar-refractivity contribution is -0.134. The van der Waals surface area contributed by atoms with Crippen LogP contribution in [0.1, 0.15) is 75.1 Å². The van der Waals surface area contributed by atoms with E-state index in [2.05, 4.69) is 109 Å². The molecule has 4 aliphatic rings. The van der Waals surface area contributed by atoms with Gasteiger partial charge >= 0.3 is 6.09 Å². The minimum atomic E-state index is -0.608. The summed E-state index contributed by atoms with van der Waals surface area (Å²) < 4.78 is 4.69. The first-order valence-corrected chi connectivity index (χ1v) is 21.1. The average Bonchev–Trinajstić information content (AvgIpc) is 4.01. The van der Waals surface area contributed by atoms with E-state index >= 15 is 0 Å². The van der Waals surface area contributed by atoms with E-state index in [1.165, 1.54) is 7.11 Å². The molecule has 0 unspecified atom stereocenters. The van der Waals surface area contributed by atoms with Crippen LogP contribution in [0, 0.1) is 11.8 Å². The van der Waals surface area contributed by atoms with Crippen molar-refractivity contribution in [3.8, 4) is 33.4 Å². The molecule has 4 N–H and O–H groups in total. The van der Waals surface area contributed by atoms with Crippen LogP contribution in [0.2, 0.25) is 0 Å². The molecule has 4 heterocycles. The number of carbonyl (C=O) groups is 3. The third-order valence-electron chi connectivity index (χ3n) is 13.5. The van der Waals surface area contributed by atoms with Gasteiger partial charge in [-0.3, -0.25) is 9.59 Å². The Bertz CT molecular complexity index is 2550. The molecule has 4 aromatic carbocycles. The predicted octanol–water partition coefficient (Wildman–Crippen LogP) is 7.90. The largest absolute Gasteiger partial charge is 0.453 e. The summed E-state index contributed by atoms with van der Waals surface area (Å²) in [5.74, 6) is 2.54. The van der Waals surface area contributed by atoms with E-state index in [0.29, 0.717) is 24.4 Å². The zero-order valence-electron chi connectivity index (χ0n) is 33.5. The van der Waals surface area contributed by atoms with Crippen molar-refractivity contribution in [1.82, 2.24) is 40.4 Å². The van der Waals surface area contributed by atoms with Gasteiger partial charge in [0.2, 0.25) is 11.8 Å². The number of H-pyrrole nitrogens is 2. The van der Waals surface area contributed by atoms with Crippen LogP contribution in [0.15, 0.2) is 84.9 Å². The van der Waals surface area contributed by atoms with E-state index in [0.717, 1.165) is 118 Å². The van der Waals surface area contributed by atoms with Gasteiger partial charge in [-0.1, -0.05) is 73.5 Å². The molecule has 10 rings (SSSR count). The molecule has 4 bridgehead atoms. The van der Waals surface area contributed by atoms with E-state index in [1.54, 1.807) is 0 Å². The Labute approximate surface area is 343 Å². The lowest BCUT2D eigenvalue weighted by atomic mass is 9.87. The van der Waals surface area contributed by atoms with Crippen LogP contribution in [-0.2, 0) is 14.3 Å². The van der Waals surface area contributed by atoms with E-state index in [4.69, 9.17) is 9.97 Å². The molecular weight excluding hydrogens is 741 g/mol. The Balaban J connectivity index is 0.844. The number of likely N-dealkylation sites (tertiary alicyclic amines) is 2. The van der Waals surface area contributed by atoms with Crippen molar-refractivity contribution in [2.45, 2.75) is 75.5 Å². The zero-order valence-corrected chi connectivity index (χ0v) is 33.5. The van der Waals surface area contributed by atoms with Crippen LogP contribution in [-0.4, -0.2) is 87.0 Å². The van der Waals surface area contributed by atoms with E-state index in [9.17, 15) is 14.4 Å². The molecule has 2 saturated heterocycles. The summed E-state index contributed by atoms with van der Waals surface area (Å²) in [5.41, 5.74) is 10.4. The molecule has 3 amide bonds. The number of imidazole rings is 2. The monoisotopic (exact) mass is 790 g/mol. The van der Waals surface area contributed by atoms with Gasteiger partial charge in [-0.15, -0.1) is 0 Å². The molecular formula is C47H50N8O4. The number of amides is 3. The minimum absolute atomic E-state index is 0.00210. The summed E-state index contributed by atoms with van der Waals surface area (Å²) in [7, 11) is 3.13. The molecule has 12 nitrogen and oxygen atoms in total. The summed E-state index contributed by atoms with van der Waals surface area (Å²) in [6.45, 7) is 0.255. The van der Waals surface area contributed by atoms with Crippen molar-refractivity contribution < 1.29 is 19.1 Å². The fourth-order valence-corrected chi connectivity index (χ4v) is 10.8. The molecule has 302 valence electrons. The van der Waals surface area contributed by atoms with Gasteiger partial charge in [0.25, 0.3) is 0 Å². The number of nitrogens with zero attached hydrogens (tertiary/aromatic N) is 4. The fourth-order valence-electron chi connectivity index (χ4n) is 10.8. The second-order valence-corrected chi connectivity index (χ2v) is 16.9. The Morgan fingerprint density at radius 3 is 1.49 bits per heavy atom. The van der Waals surface area contributed by atoms with Gasteiger partial charge in [0.05, 0.1) is 47.8 Å². The van der Waals surface area contributed by atoms with E-state index < -0.39 is 6.09 Å². The van der Waals surface area contributed by atoms with E-state index in [1.807, 2.05) is 18.0 Å². The highest BCUT2D eigenvalue weighted by Crippen LogP contribution is 2.49. The Kier molecular flexibility index (Phi) is 9.67. The van der Waals surface area contributed by atoms with Gasteiger partial charge in [0.15, 0.2) is 0 Å². The number of carbonyl (C=O) groups excluding carboxylic acids is 3. The number of hydrogen-bond acceptors (Lipinski definition) is 7. The molecule has 2 aliphatic heterocycles. The number of alkyl carbamates (subject to hydrolysis) is 1. The van der Waals surface area contributed by atoms with Crippen molar-refractivity contribution in [2.24, 2.45) is 11.8 Å². The topological polar surface area (TPSA) is 148 Å². The maximum atomic E-state index is 13.4. The highest BCUT2D eigenvalue weighted by Gasteiger charge is 2.48. The molecule has 2 aliphatic carbocycles. The number of ether oxygens (including phenoxy) is 1. The summed E-state index contributed by atoms with van der Waals surface area (Å²) >= 11 is 0. The van der Waals surface area contributed by atoms with Crippen molar-refractivity contribution in [3.63, 3.8) is 0 Å². The van der Waals surface area contributed by atoms with Crippen LogP contribution in [0.3, 0.4) is 0 Å². The number of aromatic nitrogens is 4. The number of likely N-dealkylation sites (N-methyl/N-ethyl adjacent to an activating group) is 1. The third-order valence-corrected chi connectivity index (χ3v) is 13.5. The van der Waals surface area contributed by atoms with Crippen molar-refractivity contribution in [3.05, 3.63) is 96.6 Å². The fraction of sp³-hybridized carbons (Fsp3) is 0.383. The quantitative estimate of drug-likeness (QED) is 0.116. The smallest absolute Gasteiger partial charge is 0.407 e. The summed E-state index contributed by atoms with van der Waals surface area (Å²) in [6, 6.07) is 30.3. The molecule has 4 fully saturated rings. The van der Waals surface area contributed by atoms with Crippen LogP contribution >= 0.6 is 0 Å². The summed E-state index contributed by atoms with van der Waals surface area (Å²) in [6.07, 6.45) is 7.88. The molecule has 6 atom stereocenters.